The monoisotopic (exact) mass is 256 g/mol. The van der Waals surface area contributed by atoms with Crippen LogP contribution in [0.1, 0.15) is 25.7 Å². The molecule has 1 saturated carbocycles. The standard InChI is InChI=1S/C11H16N2O3S/c14-9(13-11-12-5-6-17-11)7-3-1-2-4-8(7)10(15)16/h7-8H,1-6H2,(H,15,16)(H,12,13,14)/t7-,8+/m0/s1. The van der Waals surface area contributed by atoms with E-state index in [2.05, 4.69) is 10.3 Å². The van der Waals surface area contributed by atoms with Gasteiger partial charge >= 0.3 is 5.97 Å². The molecule has 5 nitrogen and oxygen atoms in total. The minimum absolute atomic E-state index is 0.176. The highest BCUT2D eigenvalue weighted by Gasteiger charge is 2.36. The molecule has 2 atom stereocenters. The molecule has 0 aromatic carbocycles. The number of nitrogens with one attached hydrogen (secondary N) is 1. The second-order valence-electron chi connectivity index (χ2n) is 4.36. The Bertz CT molecular complexity index is 357. The molecule has 0 spiro atoms. The lowest BCUT2D eigenvalue weighted by molar-refractivity contribution is -0.148. The van der Waals surface area contributed by atoms with Gasteiger partial charge in [0.05, 0.1) is 18.4 Å². The SMILES string of the molecule is O=C(NC1=NCCS1)[C@H]1CCCC[C@H]1C(=O)O. The smallest absolute Gasteiger partial charge is 0.307 e. The highest BCUT2D eigenvalue weighted by molar-refractivity contribution is 8.14. The molecule has 0 radical (unpaired) electrons. The van der Waals surface area contributed by atoms with Crippen molar-refractivity contribution in [3.05, 3.63) is 0 Å². The molecular formula is C11H16N2O3S. The van der Waals surface area contributed by atoms with Gasteiger partial charge in [-0.05, 0) is 12.8 Å². The number of rotatable bonds is 2. The molecule has 2 N–H and O–H groups in total. The third-order valence-corrected chi connectivity index (χ3v) is 4.13. The first-order valence-corrected chi connectivity index (χ1v) is 6.88. The number of aliphatic carboxylic acids is 1. The zero-order valence-corrected chi connectivity index (χ0v) is 10.3. The lowest BCUT2D eigenvalue weighted by Crippen LogP contribution is -2.41. The molecule has 0 saturated heterocycles. The van der Waals surface area contributed by atoms with Gasteiger partial charge in [-0.3, -0.25) is 14.6 Å². The molecule has 1 aliphatic heterocycles. The number of carboxylic acid groups (broad SMARTS) is 1. The van der Waals surface area contributed by atoms with Gasteiger partial charge in [0.1, 0.15) is 0 Å². The van der Waals surface area contributed by atoms with Crippen LogP contribution in [-0.4, -0.2) is 34.4 Å². The van der Waals surface area contributed by atoms with Gasteiger partial charge in [0.15, 0.2) is 5.17 Å². The molecule has 6 heteroatoms. The van der Waals surface area contributed by atoms with Crippen LogP contribution in [0.4, 0.5) is 0 Å². The van der Waals surface area contributed by atoms with Crippen LogP contribution >= 0.6 is 11.8 Å². The van der Waals surface area contributed by atoms with Crippen LogP contribution < -0.4 is 5.32 Å². The highest BCUT2D eigenvalue weighted by atomic mass is 32.2. The van der Waals surface area contributed by atoms with Crippen LogP contribution in [0.2, 0.25) is 0 Å². The van der Waals surface area contributed by atoms with E-state index >= 15 is 0 Å². The largest absolute Gasteiger partial charge is 0.481 e. The van der Waals surface area contributed by atoms with Crippen molar-refractivity contribution in [2.24, 2.45) is 16.8 Å². The quantitative estimate of drug-likeness (QED) is 0.775. The van der Waals surface area contributed by atoms with Gasteiger partial charge in [-0.25, -0.2) is 0 Å². The van der Waals surface area contributed by atoms with Crippen LogP contribution in [0.25, 0.3) is 0 Å². The van der Waals surface area contributed by atoms with Gasteiger partial charge < -0.3 is 10.4 Å². The van der Waals surface area contributed by atoms with E-state index in [-0.39, 0.29) is 5.91 Å². The number of nitrogens with zero attached hydrogens (tertiary/aromatic N) is 1. The second kappa shape index (κ2) is 5.53. The van der Waals surface area contributed by atoms with Crippen molar-refractivity contribution < 1.29 is 14.7 Å². The first-order valence-electron chi connectivity index (χ1n) is 5.89. The number of hydrogen-bond acceptors (Lipinski definition) is 4. The number of amides is 1. The van der Waals surface area contributed by atoms with Crippen molar-refractivity contribution in [2.75, 3.05) is 12.3 Å². The summed E-state index contributed by atoms with van der Waals surface area (Å²) in [4.78, 5) is 27.2. The molecule has 0 aromatic heterocycles. The van der Waals surface area contributed by atoms with Crippen molar-refractivity contribution in [2.45, 2.75) is 25.7 Å². The molecule has 0 unspecified atom stereocenters. The Morgan fingerprint density at radius 1 is 1.29 bits per heavy atom. The summed E-state index contributed by atoms with van der Waals surface area (Å²) in [6.45, 7) is 0.729. The molecule has 1 aliphatic carbocycles. The first-order chi connectivity index (χ1) is 8.18. The molecule has 2 rings (SSSR count). The van der Waals surface area contributed by atoms with E-state index in [4.69, 9.17) is 5.11 Å². The Balaban J connectivity index is 1.98. The summed E-state index contributed by atoms with van der Waals surface area (Å²) in [5.41, 5.74) is 0. The number of carbonyl (C=O) groups excluding carboxylic acids is 1. The third kappa shape index (κ3) is 3.00. The van der Waals surface area contributed by atoms with Gasteiger partial charge in [-0.1, -0.05) is 24.6 Å². The maximum atomic E-state index is 12.0. The molecule has 1 heterocycles. The minimum atomic E-state index is -0.856. The highest BCUT2D eigenvalue weighted by Crippen LogP contribution is 2.30. The van der Waals surface area contributed by atoms with Gasteiger partial charge in [-0.2, -0.15) is 0 Å². The molecule has 2 aliphatic rings. The summed E-state index contributed by atoms with van der Waals surface area (Å²) in [5, 5.41) is 12.5. The van der Waals surface area contributed by atoms with Gasteiger partial charge in [0.25, 0.3) is 0 Å². The van der Waals surface area contributed by atoms with Crippen LogP contribution in [0.5, 0.6) is 0 Å². The maximum Gasteiger partial charge on any atom is 0.307 e. The van der Waals surface area contributed by atoms with E-state index in [0.717, 1.165) is 25.1 Å². The minimum Gasteiger partial charge on any atom is -0.481 e. The fourth-order valence-corrected chi connectivity index (χ4v) is 3.08. The topological polar surface area (TPSA) is 78.8 Å². The third-order valence-electron chi connectivity index (χ3n) is 3.24. The summed E-state index contributed by atoms with van der Waals surface area (Å²) in [7, 11) is 0. The normalized spacial score (nSPS) is 28.6. The van der Waals surface area contributed by atoms with Crippen LogP contribution in [0, 0.1) is 11.8 Å². The molecule has 0 aromatic rings. The predicted octanol–water partition coefficient (Wildman–Crippen LogP) is 1.10. The summed E-state index contributed by atoms with van der Waals surface area (Å²) in [5.74, 6) is -1.07. The summed E-state index contributed by atoms with van der Waals surface area (Å²) < 4.78 is 0. The number of thioether (sulfide) groups is 1. The van der Waals surface area contributed by atoms with Crippen molar-refractivity contribution in [1.29, 1.82) is 0 Å². The maximum absolute atomic E-state index is 12.0. The average Bonchev–Trinajstić information content (AvgIpc) is 2.81. The van der Waals surface area contributed by atoms with Gasteiger partial charge in [0, 0.05) is 5.75 Å². The van der Waals surface area contributed by atoms with E-state index in [0.29, 0.717) is 18.0 Å². The Hall–Kier alpha value is -1.04. The molecule has 1 fully saturated rings. The summed E-state index contributed by atoms with van der Waals surface area (Å²) in [6.07, 6.45) is 3.10. The molecule has 1 amide bonds. The van der Waals surface area contributed by atoms with Crippen LogP contribution in [-0.2, 0) is 9.59 Å². The van der Waals surface area contributed by atoms with Crippen LogP contribution in [0.15, 0.2) is 4.99 Å². The number of amidine groups is 1. The molecule has 0 bridgehead atoms. The van der Waals surface area contributed by atoms with Crippen molar-refractivity contribution in [3.8, 4) is 0 Å². The fraction of sp³-hybridized carbons (Fsp3) is 0.727. The fourth-order valence-electron chi connectivity index (χ4n) is 2.35. The number of hydrogen-bond donors (Lipinski definition) is 2. The lowest BCUT2D eigenvalue weighted by Gasteiger charge is -2.27. The number of carboxylic acids is 1. The number of aliphatic imine (C=N–C) groups is 1. The lowest BCUT2D eigenvalue weighted by atomic mass is 9.79. The van der Waals surface area contributed by atoms with Gasteiger partial charge in [-0.15, -0.1) is 0 Å². The van der Waals surface area contributed by atoms with Crippen molar-refractivity contribution >= 4 is 28.8 Å². The molecule has 94 valence electrons. The predicted molar refractivity (Wildman–Crippen MR) is 66.0 cm³/mol. The zero-order valence-electron chi connectivity index (χ0n) is 9.52. The number of carbonyl (C=O) groups is 2. The Labute approximate surface area is 104 Å². The van der Waals surface area contributed by atoms with E-state index in [1.165, 1.54) is 11.8 Å². The van der Waals surface area contributed by atoms with Crippen molar-refractivity contribution in [1.82, 2.24) is 5.32 Å². The van der Waals surface area contributed by atoms with E-state index in [1.807, 2.05) is 0 Å². The second-order valence-corrected chi connectivity index (χ2v) is 5.44. The Morgan fingerprint density at radius 3 is 2.59 bits per heavy atom. The Kier molecular flexibility index (Phi) is 4.04. The average molecular weight is 256 g/mol. The molecular weight excluding hydrogens is 240 g/mol. The van der Waals surface area contributed by atoms with E-state index in [9.17, 15) is 9.59 Å². The summed E-state index contributed by atoms with van der Waals surface area (Å²) in [6, 6.07) is 0. The van der Waals surface area contributed by atoms with E-state index < -0.39 is 17.8 Å². The van der Waals surface area contributed by atoms with Crippen LogP contribution in [0.3, 0.4) is 0 Å². The molecule has 17 heavy (non-hydrogen) atoms. The van der Waals surface area contributed by atoms with Gasteiger partial charge in [0.2, 0.25) is 5.91 Å². The summed E-state index contributed by atoms with van der Waals surface area (Å²) >= 11 is 1.51. The first kappa shape index (κ1) is 12.4. The van der Waals surface area contributed by atoms with Crippen molar-refractivity contribution in [3.63, 3.8) is 0 Å². The Morgan fingerprint density at radius 2 is 2.00 bits per heavy atom. The zero-order chi connectivity index (χ0) is 12.3. The van der Waals surface area contributed by atoms with E-state index in [1.54, 1.807) is 0 Å².